The Labute approximate surface area is 113 Å². The van der Waals surface area contributed by atoms with E-state index in [9.17, 15) is 4.79 Å². The summed E-state index contributed by atoms with van der Waals surface area (Å²) < 4.78 is 4.99. The Kier molecular flexibility index (Phi) is 5.72. The van der Waals surface area contributed by atoms with Gasteiger partial charge in [0.25, 0.3) is 5.91 Å². The van der Waals surface area contributed by atoms with Gasteiger partial charge in [0, 0.05) is 24.4 Å². The highest BCUT2D eigenvalue weighted by Gasteiger charge is 2.13. The SMILES string of the molecule is COCC(C)NC(=O)c1cc(NN)nc(C(C)C)c1. The van der Waals surface area contributed by atoms with Gasteiger partial charge < -0.3 is 15.5 Å². The van der Waals surface area contributed by atoms with Crippen molar-refractivity contribution in [1.82, 2.24) is 10.3 Å². The van der Waals surface area contributed by atoms with Gasteiger partial charge in [-0.25, -0.2) is 10.8 Å². The van der Waals surface area contributed by atoms with Crippen LogP contribution in [0.3, 0.4) is 0 Å². The van der Waals surface area contributed by atoms with Crippen molar-refractivity contribution in [3.63, 3.8) is 0 Å². The lowest BCUT2D eigenvalue weighted by Gasteiger charge is -2.14. The first kappa shape index (κ1) is 15.4. The van der Waals surface area contributed by atoms with Gasteiger partial charge in [0.2, 0.25) is 0 Å². The molecule has 0 aromatic carbocycles. The fraction of sp³-hybridized carbons (Fsp3) is 0.538. The van der Waals surface area contributed by atoms with Crippen molar-refractivity contribution in [3.8, 4) is 0 Å². The lowest BCUT2D eigenvalue weighted by atomic mass is 10.1. The van der Waals surface area contributed by atoms with Gasteiger partial charge >= 0.3 is 0 Å². The van der Waals surface area contributed by atoms with E-state index in [0.29, 0.717) is 18.0 Å². The Morgan fingerprint density at radius 1 is 1.42 bits per heavy atom. The second kappa shape index (κ2) is 7.06. The van der Waals surface area contributed by atoms with Gasteiger partial charge in [-0.3, -0.25) is 4.79 Å². The van der Waals surface area contributed by atoms with E-state index < -0.39 is 0 Å². The molecule has 0 aliphatic carbocycles. The molecule has 1 aromatic rings. The Bertz CT molecular complexity index is 435. The van der Waals surface area contributed by atoms with Gasteiger partial charge in [-0.15, -0.1) is 0 Å². The van der Waals surface area contributed by atoms with Crippen LogP contribution in [0.2, 0.25) is 0 Å². The normalized spacial score (nSPS) is 12.3. The van der Waals surface area contributed by atoms with Crippen molar-refractivity contribution in [1.29, 1.82) is 0 Å². The van der Waals surface area contributed by atoms with Crippen LogP contribution in [0.25, 0.3) is 0 Å². The lowest BCUT2D eigenvalue weighted by Crippen LogP contribution is -2.35. The number of hydrogen-bond donors (Lipinski definition) is 3. The number of carbonyl (C=O) groups is 1. The number of carbonyl (C=O) groups excluding carboxylic acids is 1. The minimum absolute atomic E-state index is 0.0533. The summed E-state index contributed by atoms with van der Waals surface area (Å²) in [6.45, 7) is 6.37. The van der Waals surface area contributed by atoms with Crippen LogP contribution in [-0.4, -0.2) is 30.6 Å². The standard InChI is InChI=1S/C13H22N4O2/c1-8(2)11-5-10(6-12(16-11)17-14)13(18)15-9(3)7-19-4/h5-6,8-9H,7,14H2,1-4H3,(H,15,18)(H,16,17). The topological polar surface area (TPSA) is 89.3 Å². The molecule has 106 valence electrons. The molecule has 1 rings (SSSR count). The molecule has 4 N–H and O–H groups in total. The van der Waals surface area contributed by atoms with Crippen molar-refractivity contribution in [3.05, 3.63) is 23.4 Å². The number of anilines is 1. The van der Waals surface area contributed by atoms with E-state index in [-0.39, 0.29) is 17.9 Å². The molecular formula is C13H22N4O2. The largest absolute Gasteiger partial charge is 0.383 e. The molecule has 0 fully saturated rings. The van der Waals surface area contributed by atoms with Crippen molar-refractivity contribution in [2.45, 2.75) is 32.7 Å². The van der Waals surface area contributed by atoms with Gasteiger partial charge in [-0.1, -0.05) is 13.8 Å². The Morgan fingerprint density at radius 3 is 2.63 bits per heavy atom. The van der Waals surface area contributed by atoms with Crippen LogP contribution in [0, 0.1) is 0 Å². The first-order chi connectivity index (χ1) is 8.97. The number of pyridine rings is 1. The minimum Gasteiger partial charge on any atom is -0.383 e. The van der Waals surface area contributed by atoms with Gasteiger partial charge in [0.1, 0.15) is 5.82 Å². The Morgan fingerprint density at radius 2 is 2.11 bits per heavy atom. The molecule has 0 saturated heterocycles. The van der Waals surface area contributed by atoms with Crippen LogP contribution >= 0.6 is 0 Å². The fourth-order valence-electron chi connectivity index (χ4n) is 1.65. The number of aromatic nitrogens is 1. The van der Waals surface area contributed by atoms with Gasteiger partial charge in [0.15, 0.2) is 0 Å². The van der Waals surface area contributed by atoms with Crippen LogP contribution in [0.1, 0.15) is 42.7 Å². The monoisotopic (exact) mass is 266 g/mol. The van der Waals surface area contributed by atoms with Gasteiger partial charge in [-0.05, 0) is 25.0 Å². The van der Waals surface area contributed by atoms with Gasteiger partial charge in [0.05, 0.1) is 6.61 Å². The van der Waals surface area contributed by atoms with E-state index in [4.69, 9.17) is 10.6 Å². The molecule has 1 aromatic heterocycles. The first-order valence-corrected chi connectivity index (χ1v) is 6.26. The molecule has 1 unspecified atom stereocenters. The number of nitrogens with zero attached hydrogens (tertiary/aromatic N) is 1. The molecule has 1 atom stereocenters. The molecule has 0 radical (unpaired) electrons. The third-order valence-corrected chi connectivity index (χ3v) is 2.64. The van der Waals surface area contributed by atoms with E-state index in [2.05, 4.69) is 15.7 Å². The maximum atomic E-state index is 12.1. The summed E-state index contributed by atoms with van der Waals surface area (Å²) in [5.41, 5.74) is 3.84. The van der Waals surface area contributed by atoms with E-state index in [1.54, 1.807) is 19.2 Å². The highest BCUT2D eigenvalue weighted by molar-refractivity contribution is 5.95. The average molecular weight is 266 g/mol. The zero-order chi connectivity index (χ0) is 14.4. The van der Waals surface area contributed by atoms with Crippen LogP contribution in [0.4, 0.5) is 5.82 Å². The maximum Gasteiger partial charge on any atom is 0.251 e. The molecule has 6 heteroatoms. The van der Waals surface area contributed by atoms with Crippen molar-refractivity contribution in [2.24, 2.45) is 5.84 Å². The van der Waals surface area contributed by atoms with E-state index >= 15 is 0 Å². The number of nitrogens with two attached hydrogens (primary N) is 1. The zero-order valence-electron chi connectivity index (χ0n) is 11.9. The summed E-state index contributed by atoms with van der Waals surface area (Å²) in [6, 6.07) is 3.35. The van der Waals surface area contributed by atoms with Crippen LogP contribution < -0.4 is 16.6 Å². The highest BCUT2D eigenvalue weighted by Crippen LogP contribution is 2.17. The molecule has 0 aliphatic heterocycles. The summed E-state index contributed by atoms with van der Waals surface area (Å²) in [5, 5.41) is 2.85. The first-order valence-electron chi connectivity index (χ1n) is 6.26. The molecule has 0 spiro atoms. The molecule has 1 heterocycles. The number of hydrogen-bond acceptors (Lipinski definition) is 5. The predicted octanol–water partition coefficient (Wildman–Crippen LogP) is 1.26. The highest BCUT2D eigenvalue weighted by atomic mass is 16.5. The number of nitrogen functional groups attached to an aromatic ring is 1. The Hall–Kier alpha value is -1.66. The number of rotatable bonds is 6. The molecule has 0 aliphatic rings. The number of nitrogens with one attached hydrogen (secondary N) is 2. The zero-order valence-corrected chi connectivity index (χ0v) is 11.9. The van der Waals surface area contributed by atoms with E-state index in [1.165, 1.54) is 0 Å². The minimum atomic E-state index is -0.162. The molecule has 6 nitrogen and oxygen atoms in total. The van der Waals surface area contributed by atoms with E-state index in [0.717, 1.165) is 5.69 Å². The number of ether oxygens (including phenoxy) is 1. The third-order valence-electron chi connectivity index (χ3n) is 2.64. The molecule has 0 bridgehead atoms. The quantitative estimate of drug-likeness (QED) is 0.533. The second-order valence-corrected chi connectivity index (χ2v) is 4.79. The van der Waals surface area contributed by atoms with Crippen LogP contribution in [-0.2, 0) is 4.74 Å². The maximum absolute atomic E-state index is 12.1. The number of methoxy groups -OCH3 is 1. The predicted molar refractivity (Wildman–Crippen MR) is 74.9 cm³/mol. The molecule has 0 saturated carbocycles. The second-order valence-electron chi connectivity index (χ2n) is 4.79. The van der Waals surface area contributed by atoms with Crippen LogP contribution in [0.15, 0.2) is 12.1 Å². The summed E-state index contributed by atoms with van der Waals surface area (Å²) in [5.74, 6) is 5.91. The molecule has 19 heavy (non-hydrogen) atoms. The number of hydrazine groups is 1. The van der Waals surface area contributed by atoms with Gasteiger partial charge in [-0.2, -0.15) is 0 Å². The van der Waals surface area contributed by atoms with E-state index in [1.807, 2.05) is 20.8 Å². The fourth-order valence-corrected chi connectivity index (χ4v) is 1.65. The average Bonchev–Trinajstić information content (AvgIpc) is 2.38. The summed E-state index contributed by atoms with van der Waals surface area (Å²) >= 11 is 0. The molecule has 1 amide bonds. The van der Waals surface area contributed by atoms with Crippen molar-refractivity contribution >= 4 is 11.7 Å². The van der Waals surface area contributed by atoms with Crippen LogP contribution in [0.5, 0.6) is 0 Å². The summed E-state index contributed by atoms with van der Waals surface area (Å²) in [6.07, 6.45) is 0. The summed E-state index contributed by atoms with van der Waals surface area (Å²) in [7, 11) is 1.60. The number of amides is 1. The lowest BCUT2D eigenvalue weighted by molar-refractivity contribution is 0.0905. The summed E-state index contributed by atoms with van der Waals surface area (Å²) in [4.78, 5) is 16.4. The smallest absolute Gasteiger partial charge is 0.251 e. The third kappa shape index (κ3) is 4.50. The molecular weight excluding hydrogens is 244 g/mol. The van der Waals surface area contributed by atoms with Crippen molar-refractivity contribution < 1.29 is 9.53 Å². The van der Waals surface area contributed by atoms with Crippen molar-refractivity contribution in [2.75, 3.05) is 19.1 Å². The Balaban J connectivity index is 2.92.